The molecule has 1 N–H and O–H groups in total. The highest BCUT2D eigenvalue weighted by Crippen LogP contribution is 2.30. The molecule has 3 nitrogen and oxygen atoms in total. The quantitative estimate of drug-likeness (QED) is 0.884. The van der Waals surface area contributed by atoms with Gasteiger partial charge in [-0.25, -0.2) is 0 Å². The Hall–Kier alpha value is -1.06. The summed E-state index contributed by atoms with van der Waals surface area (Å²) in [5.41, 5.74) is 2.29. The molecular formula is C16H24N2O. The Labute approximate surface area is 115 Å². The first-order valence-corrected chi connectivity index (χ1v) is 7.51. The standard InChI is InChI=1S/C16H24N2O/c1-13(19)15-7-2-3-8-16(15)18-11-10-17-9-5-4-6-14(17)12-18/h2-3,7-8,13-14,19H,4-6,9-12H2,1H3. The number of para-hydroxylation sites is 1. The normalized spacial score (nSPS) is 26.0. The van der Waals surface area contributed by atoms with Crippen LogP contribution in [0.2, 0.25) is 0 Å². The Morgan fingerprint density at radius 3 is 2.84 bits per heavy atom. The van der Waals surface area contributed by atoms with E-state index in [-0.39, 0.29) is 6.10 Å². The lowest BCUT2D eigenvalue weighted by Crippen LogP contribution is -2.55. The van der Waals surface area contributed by atoms with E-state index in [1.807, 2.05) is 19.1 Å². The molecule has 0 spiro atoms. The second-order valence-electron chi connectivity index (χ2n) is 5.87. The lowest BCUT2D eigenvalue weighted by molar-refractivity contribution is 0.133. The molecular weight excluding hydrogens is 236 g/mol. The maximum atomic E-state index is 9.93. The summed E-state index contributed by atoms with van der Waals surface area (Å²) in [6.45, 7) is 6.50. The number of aliphatic hydroxyl groups is 1. The first kappa shape index (κ1) is 12.9. The molecule has 3 rings (SSSR count). The van der Waals surface area contributed by atoms with Crippen LogP contribution in [0.5, 0.6) is 0 Å². The number of fused-ring (bicyclic) bond motifs is 1. The van der Waals surface area contributed by atoms with Gasteiger partial charge in [-0.2, -0.15) is 0 Å². The monoisotopic (exact) mass is 260 g/mol. The topological polar surface area (TPSA) is 26.7 Å². The van der Waals surface area contributed by atoms with Gasteiger partial charge in [0.25, 0.3) is 0 Å². The molecule has 1 aromatic rings. The van der Waals surface area contributed by atoms with E-state index >= 15 is 0 Å². The minimum atomic E-state index is -0.388. The number of nitrogens with zero attached hydrogens (tertiary/aromatic N) is 2. The molecule has 2 saturated heterocycles. The van der Waals surface area contributed by atoms with E-state index in [9.17, 15) is 5.11 Å². The second-order valence-corrected chi connectivity index (χ2v) is 5.87. The Bertz CT molecular complexity index is 433. The zero-order valence-electron chi connectivity index (χ0n) is 11.8. The van der Waals surface area contributed by atoms with Crippen LogP contribution in [-0.4, -0.2) is 42.2 Å². The first-order chi connectivity index (χ1) is 9.25. The van der Waals surface area contributed by atoms with Crippen LogP contribution in [0.3, 0.4) is 0 Å². The van der Waals surface area contributed by atoms with Crippen LogP contribution >= 0.6 is 0 Å². The number of anilines is 1. The maximum Gasteiger partial charge on any atom is 0.0781 e. The van der Waals surface area contributed by atoms with Gasteiger partial charge in [-0.3, -0.25) is 4.90 Å². The molecule has 19 heavy (non-hydrogen) atoms. The van der Waals surface area contributed by atoms with Gasteiger partial charge in [0.05, 0.1) is 6.10 Å². The van der Waals surface area contributed by atoms with Gasteiger partial charge in [0.15, 0.2) is 0 Å². The highest BCUT2D eigenvalue weighted by molar-refractivity contribution is 5.55. The van der Waals surface area contributed by atoms with Crippen LogP contribution < -0.4 is 4.90 Å². The molecule has 3 heteroatoms. The summed E-state index contributed by atoms with van der Waals surface area (Å²) in [5.74, 6) is 0. The molecule has 2 aliphatic rings. The van der Waals surface area contributed by atoms with Crippen molar-refractivity contribution in [2.45, 2.75) is 38.3 Å². The fourth-order valence-corrected chi connectivity index (χ4v) is 3.50. The molecule has 2 unspecified atom stereocenters. The Balaban J connectivity index is 1.79. The van der Waals surface area contributed by atoms with Crippen molar-refractivity contribution in [1.29, 1.82) is 0 Å². The largest absolute Gasteiger partial charge is 0.389 e. The number of rotatable bonds is 2. The third-order valence-electron chi connectivity index (χ3n) is 4.56. The van der Waals surface area contributed by atoms with E-state index in [0.717, 1.165) is 18.7 Å². The third kappa shape index (κ3) is 2.63. The predicted molar refractivity (Wildman–Crippen MR) is 78.5 cm³/mol. The third-order valence-corrected chi connectivity index (χ3v) is 4.56. The molecule has 0 saturated carbocycles. The fourth-order valence-electron chi connectivity index (χ4n) is 3.50. The molecule has 0 amide bonds. The summed E-state index contributed by atoms with van der Waals surface area (Å²) >= 11 is 0. The lowest BCUT2D eigenvalue weighted by atomic mass is 9.98. The molecule has 0 radical (unpaired) electrons. The minimum absolute atomic E-state index is 0.388. The van der Waals surface area contributed by atoms with E-state index in [2.05, 4.69) is 21.9 Å². The zero-order valence-corrected chi connectivity index (χ0v) is 11.8. The maximum absolute atomic E-state index is 9.93. The van der Waals surface area contributed by atoms with Crippen molar-refractivity contribution in [2.24, 2.45) is 0 Å². The van der Waals surface area contributed by atoms with Crippen molar-refractivity contribution in [3.63, 3.8) is 0 Å². The van der Waals surface area contributed by atoms with Crippen LogP contribution in [0, 0.1) is 0 Å². The van der Waals surface area contributed by atoms with E-state index in [0.29, 0.717) is 6.04 Å². The van der Waals surface area contributed by atoms with Gasteiger partial charge in [0.1, 0.15) is 0 Å². The Kier molecular flexibility index (Phi) is 3.76. The van der Waals surface area contributed by atoms with Crippen LogP contribution in [0.4, 0.5) is 5.69 Å². The smallest absolute Gasteiger partial charge is 0.0781 e. The van der Waals surface area contributed by atoms with Crippen molar-refractivity contribution in [1.82, 2.24) is 4.90 Å². The molecule has 1 aromatic carbocycles. The van der Waals surface area contributed by atoms with Crippen LogP contribution in [0.25, 0.3) is 0 Å². The molecule has 0 aromatic heterocycles. The van der Waals surface area contributed by atoms with Crippen LogP contribution in [0.15, 0.2) is 24.3 Å². The number of hydrogen-bond donors (Lipinski definition) is 1. The highest BCUT2D eigenvalue weighted by atomic mass is 16.3. The van der Waals surface area contributed by atoms with Crippen molar-refractivity contribution < 1.29 is 5.11 Å². The van der Waals surface area contributed by atoms with Gasteiger partial charge >= 0.3 is 0 Å². The van der Waals surface area contributed by atoms with Gasteiger partial charge in [-0.05, 0) is 32.4 Å². The summed E-state index contributed by atoms with van der Waals surface area (Å²) in [7, 11) is 0. The molecule has 0 aliphatic carbocycles. The lowest BCUT2D eigenvalue weighted by Gasteiger charge is -2.45. The first-order valence-electron chi connectivity index (χ1n) is 7.51. The molecule has 0 bridgehead atoms. The SMILES string of the molecule is CC(O)c1ccccc1N1CCN2CCCCC2C1. The summed E-state index contributed by atoms with van der Waals surface area (Å²) in [6, 6.07) is 9.01. The molecule has 2 heterocycles. The molecule has 2 atom stereocenters. The Morgan fingerprint density at radius 1 is 1.16 bits per heavy atom. The molecule has 2 fully saturated rings. The van der Waals surface area contributed by atoms with Gasteiger partial charge in [0.2, 0.25) is 0 Å². The van der Waals surface area contributed by atoms with Gasteiger partial charge in [-0.1, -0.05) is 24.6 Å². The summed E-state index contributed by atoms with van der Waals surface area (Å²) in [5, 5.41) is 9.93. The Morgan fingerprint density at radius 2 is 2.00 bits per heavy atom. The van der Waals surface area contributed by atoms with E-state index in [1.54, 1.807) is 0 Å². The van der Waals surface area contributed by atoms with Gasteiger partial charge < -0.3 is 10.0 Å². The number of piperidine rings is 1. The zero-order chi connectivity index (χ0) is 13.2. The second kappa shape index (κ2) is 5.51. The fraction of sp³-hybridized carbons (Fsp3) is 0.625. The van der Waals surface area contributed by atoms with E-state index in [4.69, 9.17) is 0 Å². The van der Waals surface area contributed by atoms with E-state index in [1.165, 1.54) is 38.0 Å². The number of aliphatic hydroxyl groups excluding tert-OH is 1. The average molecular weight is 260 g/mol. The molecule has 2 aliphatic heterocycles. The summed E-state index contributed by atoms with van der Waals surface area (Å²) in [4.78, 5) is 5.11. The van der Waals surface area contributed by atoms with Crippen molar-refractivity contribution in [3.8, 4) is 0 Å². The number of piperazine rings is 1. The van der Waals surface area contributed by atoms with E-state index < -0.39 is 0 Å². The summed E-state index contributed by atoms with van der Waals surface area (Å²) in [6.07, 6.45) is 3.67. The van der Waals surface area contributed by atoms with Crippen molar-refractivity contribution in [3.05, 3.63) is 29.8 Å². The predicted octanol–water partition coefficient (Wildman–Crippen LogP) is 2.41. The van der Waals surface area contributed by atoms with Crippen molar-refractivity contribution >= 4 is 5.69 Å². The average Bonchev–Trinajstić information content (AvgIpc) is 2.46. The number of benzene rings is 1. The highest BCUT2D eigenvalue weighted by Gasteiger charge is 2.29. The van der Waals surface area contributed by atoms with Crippen molar-refractivity contribution in [2.75, 3.05) is 31.1 Å². The minimum Gasteiger partial charge on any atom is -0.389 e. The van der Waals surface area contributed by atoms with Gasteiger partial charge in [-0.15, -0.1) is 0 Å². The van der Waals surface area contributed by atoms with Crippen LogP contribution in [-0.2, 0) is 0 Å². The summed E-state index contributed by atoms with van der Waals surface area (Å²) < 4.78 is 0. The van der Waals surface area contributed by atoms with Crippen LogP contribution in [0.1, 0.15) is 37.9 Å². The molecule has 104 valence electrons. The van der Waals surface area contributed by atoms with Gasteiger partial charge in [0, 0.05) is 36.9 Å². The number of hydrogen-bond acceptors (Lipinski definition) is 3.